The van der Waals surface area contributed by atoms with E-state index in [1.54, 1.807) is 17.0 Å². The second kappa shape index (κ2) is 5.85. The van der Waals surface area contributed by atoms with E-state index in [2.05, 4.69) is 21.2 Å². The molecule has 2 aromatic carbocycles. The van der Waals surface area contributed by atoms with E-state index in [-0.39, 0.29) is 11.5 Å². The van der Waals surface area contributed by atoms with Gasteiger partial charge in [-0.2, -0.15) is 0 Å². The summed E-state index contributed by atoms with van der Waals surface area (Å²) in [6.45, 7) is 1.36. The van der Waals surface area contributed by atoms with E-state index in [0.717, 1.165) is 24.3 Å². The number of hydrogen-bond donors (Lipinski definition) is 1. The predicted octanol–water partition coefficient (Wildman–Crippen LogP) is 4.05. The molecule has 3 rings (SSSR count). The average Bonchev–Trinajstić information content (AvgIpc) is 2.72. The maximum absolute atomic E-state index is 14.2. The Morgan fingerprint density at radius 2 is 2.00 bits per heavy atom. The third-order valence-electron chi connectivity index (χ3n) is 3.50. The topological polar surface area (TPSA) is 32.3 Å². The molecule has 108 valence electrons. The SMILES string of the molecule is O=C(c1cccc(Br)c1F)N1CCCNc2ccccc21. The molecular formula is C16H14BrFN2O. The molecule has 5 heteroatoms. The van der Waals surface area contributed by atoms with Gasteiger partial charge in [0, 0.05) is 13.1 Å². The first-order valence-electron chi connectivity index (χ1n) is 6.77. The van der Waals surface area contributed by atoms with E-state index in [4.69, 9.17) is 0 Å². The minimum absolute atomic E-state index is 0.0843. The second-order valence-corrected chi connectivity index (χ2v) is 5.71. The van der Waals surface area contributed by atoms with Crippen LogP contribution in [0.3, 0.4) is 0 Å². The standard InChI is InChI=1S/C16H14BrFN2O/c17-12-6-3-5-11(15(12)18)16(21)20-10-4-9-19-13-7-1-2-8-14(13)20/h1-3,5-8,19H,4,9-10H2. The Kier molecular flexibility index (Phi) is 3.92. The van der Waals surface area contributed by atoms with Crippen LogP contribution in [0, 0.1) is 5.82 Å². The van der Waals surface area contributed by atoms with Crippen LogP contribution in [-0.2, 0) is 0 Å². The van der Waals surface area contributed by atoms with Crippen molar-refractivity contribution in [2.24, 2.45) is 0 Å². The van der Waals surface area contributed by atoms with Crippen LogP contribution >= 0.6 is 15.9 Å². The molecule has 0 radical (unpaired) electrons. The molecule has 1 aliphatic rings. The molecule has 0 bridgehead atoms. The first-order valence-corrected chi connectivity index (χ1v) is 7.56. The summed E-state index contributed by atoms with van der Waals surface area (Å²) in [6.07, 6.45) is 0.816. The van der Waals surface area contributed by atoms with Gasteiger partial charge in [0.2, 0.25) is 0 Å². The summed E-state index contributed by atoms with van der Waals surface area (Å²) in [5, 5.41) is 3.29. The highest BCUT2D eigenvalue weighted by Crippen LogP contribution is 2.30. The summed E-state index contributed by atoms with van der Waals surface area (Å²) < 4.78 is 14.5. The number of rotatable bonds is 1. The van der Waals surface area contributed by atoms with E-state index in [9.17, 15) is 9.18 Å². The van der Waals surface area contributed by atoms with Gasteiger partial charge in [0.15, 0.2) is 0 Å². The third kappa shape index (κ3) is 2.65. The van der Waals surface area contributed by atoms with E-state index < -0.39 is 5.82 Å². The van der Waals surface area contributed by atoms with Gasteiger partial charge in [-0.3, -0.25) is 4.79 Å². The number of benzene rings is 2. The van der Waals surface area contributed by atoms with Crippen molar-refractivity contribution in [1.82, 2.24) is 0 Å². The van der Waals surface area contributed by atoms with Gasteiger partial charge < -0.3 is 10.2 Å². The van der Waals surface area contributed by atoms with Crippen molar-refractivity contribution < 1.29 is 9.18 Å². The third-order valence-corrected chi connectivity index (χ3v) is 4.11. The lowest BCUT2D eigenvalue weighted by atomic mass is 10.1. The average molecular weight is 349 g/mol. The minimum atomic E-state index is -0.516. The van der Waals surface area contributed by atoms with Crippen molar-refractivity contribution in [3.63, 3.8) is 0 Å². The molecular weight excluding hydrogens is 335 g/mol. The number of hydrogen-bond acceptors (Lipinski definition) is 2. The van der Waals surface area contributed by atoms with Crippen molar-refractivity contribution in [2.75, 3.05) is 23.3 Å². The lowest BCUT2D eigenvalue weighted by molar-refractivity contribution is 0.0983. The summed E-state index contributed by atoms with van der Waals surface area (Å²) >= 11 is 3.13. The van der Waals surface area contributed by atoms with Crippen LogP contribution in [0.5, 0.6) is 0 Å². The number of fused-ring (bicyclic) bond motifs is 1. The summed E-state index contributed by atoms with van der Waals surface area (Å²) in [5.41, 5.74) is 1.78. The largest absolute Gasteiger partial charge is 0.383 e. The highest BCUT2D eigenvalue weighted by Gasteiger charge is 2.24. The van der Waals surface area contributed by atoms with Crippen LogP contribution in [0.15, 0.2) is 46.9 Å². The van der Waals surface area contributed by atoms with E-state index in [0.29, 0.717) is 11.0 Å². The van der Waals surface area contributed by atoms with Gasteiger partial charge in [0.1, 0.15) is 5.82 Å². The van der Waals surface area contributed by atoms with Crippen LogP contribution in [0.25, 0.3) is 0 Å². The van der Waals surface area contributed by atoms with Gasteiger partial charge in [-0.25, -0.2) is 4.39 Å². The fraction of sp³-hybridized carbons (Fsp3) is 0.188. The molecule has 1 amide bonds. The molecule has 0 fully saturated rings. The number of carbonyl (C=O) groups is 1. The van der Waals surface area contributed by atoms with Crippen LogP contribution in [0.1, 0.15) is 16.8 Å². The number of nitrogens with zero attached hydrogens (tertiary/aromatic N) is 1. The number of anilines is 2. The van der Waals surface area contributed by atoms with E-state index >= 15 is 0 Å². The molecule has 0 saturated carbocycles. The molecule has 0 aliphatic carbocycles. The van der Waals surface area contributed by atoms with Crippen molar-refractivity contribution in [3.8, 4) is 0 Å². The fourth-order valence-electron chi connectivity index (χ4n) is 2.46. The summed E-state index contributed by atoms with van der Waals surface area (Å²) in [7, 11) is 0. The van der Waals surface area contributed by atoms with Crippen molar-refractivity contribution in [2.45, 2.75) is 6.42 Å². The fourth-order valence-corrected chi connectivity index (χ4v) is 2.83. The van der Waals surface area contributed by atoms with Crippen molar-refractivity contribution >= 4 is 33.2 Å². The lowest BCUT2D eigenvalue weighted by Gasteiger charge is -2.22. The van der Waals surface area contributed by atoms with Gasteiger partial charge >= 0.3 is 0 Å². The molecule has 21 heavy (non-hydrogen) atoms. The minimum Gasteiger partial charge on any atom is -0.383 e. The Morgan fingerprint density at radius 3 is 2.86 bits per heavy atom. The highest BCUT2D eigenvalue weighted by molar-refractivity contribution is 9.10. The summed E-state index contributed by atoms with van der Waals surface area (Å²) in [6, 6.07) is 12.4. The van der Waals surface area contributed by atoms with Crippen LogP contribution in [-0.4, -0.2) is 19.0 Å². The molecule has 1 N–H and O–H groups in total. The van der Waals surface area contributed by atoms with Crippen LogP contribution < -0.4 is 10.2 Å². The number of para-hydroxylation sites is 2. The van der Waals surface area contributed by atoms with Crippen molar-refractivity contribution in [3.05, 3.63) is 58.3 Å². The lowest BCUT2D eigenvalue weighted by Crippen LogP contribution is -2.32. The first kappa shape index (κ1) is 14.1. The highest BCUT2D eigenvalue weighted by atomic mass is 79.9. The molecule has 0 spiro atoms. The Hall–Kier alpha value is -1.88. The molecule has 0 aromatic heterocycles. The monoisotopic (exact) mass is 348 g/mol. The summed E-state index contributed by atoms with van der Waals surface area (Å²) in [4.78, 5) is 14.4. The van der Waals surface area contributed by atoms with Gasteiger partial charge in [-0.15, -0.1) is 0 Å². The first-order chi connectivity index (χ1) is 10.2. The molecule has 1 aliphatic heterocycles. The number of carbonyl (C=O) groups excluding carboxylic acids is 1. The van der Waals surface area contributed by atoms with Gasteiger partial charge in [0.25, 0.3) is 5.91 Å². The second-order valence-electron chi connectivity index (χ2n) is 4.86. The van der Waals surface area contributed by atoms with Gasteiger partial charge in [-0.1, -0.05) is 18.2 Å². The molecule has 1 heterocycles. The smallest absolute Gasteiger partial charge is 0.261 e. The number of halogens is 2. The Balaban J connectivity index is 2.03. The molecule has 0 unspecified atom stereocenters. The van der Waals surface area contributed by atoms with Gasteiger partial charge in [0.05, 0.1) is 21.4 Å². The maximum atomic E-state index is 14.2. The number of amides is 1. The predicted molar refractivity (Wildman–Crippen MR) is 85.3 cm³/mol. The van der Waals surface area contributed by atoms with Crippen molar-refractivity contribution in [1.29, 1.82) is 0 Å². The molecule has 0 atom stereocenters. The Labute approximate surface area is 130 Å². The molecule has 0 saturated heterocycles. The zero-order chi connectivity index (χ0) is 14.8. The normalized spacial score (nSPS) is 14.1. The Bertz CT molecular complexity index is 690. The zero-order valence-corrected chi connectivity index (χ0v) is 12.9. The molecule has 2 aromatic rings. The maximum Gasteiger partial charge on any atom is 0.261 e. The number of nitrogens with one attached hydrogen (secondary N) is 1. The Morgan fingerprint density at radius 1 is 1.19 bits per heavy atom. The van der Waals surface area contributed by atoms with E-state index in [1.807, 2.05) is 24.3 Å². The van der Waals surface area contributed by atoms with E-state index in [1.165, 1.54) is 6.07 Å². The zero-order valence-electron chi connectivity index (χ0n) is 11.3. The quantitative estimate of drug-likeness (QED) is 0.843. The van der Waals surface area contributed by atoms with Gasteiger partial charge in [-0.05, 0) is 46.6 Å². The van der Waals surface area contributed by atoms with Crippen LogP contribution in [0.4, 0.5) is 15.8 Å². The van der Waals surface area contributed by atoms with Crippen LogP contribution in [0.2, 0.25) is 0 Å². The molecule has 3 nitrogen and oxygen atoms in total. The summed E-state index contributed by atoms with van der Waals surface area (Å²) in [5.74, 6) is -0.831.